The number of likely N-dealkylation sites (N-methyl/N-ethyl adjacent to an activating group) is 1. The average molecular weight is 257 g/mol. The van der Waals surface area contributed by atoms with E-state index in [9.17, 15) is 0 Å². The van der Waals surface area contributed by atoms with E-state index in [1.165, 1.54) is 4.88 Å². The van der Waals surface area contributed by atoms with Gasteiger partial charge in [-0.25, -0.2) is 4.98 Å². The maximum atomic E-state index is 5.20. The third kappa shape index (κ3) is 4.26. The lowest BCUT2D eigenvalue weighted by Gasteiger charge is -2.26. The second-order valence-electron chi connectivity index (χ2n) is 3.98. The molecule has 1 rings (SSSR count). The zero-order chi connectivity index (χ0) is 12.7. The Morgan fingerprint density at radius 3 is 2.88 bits per heavy atom. The number of anilines is 1. The van der Waals surface area contributed by atoms with Crippen LogP contribution in [0.15, 0.2) is 6.20 Å². The lowest BCUT2D eigenvalue weighted by atomic mass is 10.3. The van der Waals surface area contributed by atoms with Crippen molar-refractivity contribution in [2.24, 2.45) is 0 Å². The predicted octanol–water partition coefficient (Wildman–Crippen LogP) is 2.11. The molecule has 0 aliphatic heterocycles. The highest BCUT2D eigenvalue weighted by atomic mass is 32.1. The Labute approximate surface area is 108 Å². The van der Waals surface area contributed by atoms with E-state index in [2.05, 4.69) is 36.0 Å². The highest BCUT2D eigenvalue weighted by molar-refractivity contribution is 7.15. The summed E-state index contributed by atoms with van der Waals surface area (Å²) in [5, 5.41) is 4.40. The van der Waals surface area contributed by atoms with Crippen LogP contribution in [0.25, 0.3) is 0 Å². The second-order valence-corrected chi connectivity index (χ2v) is 5.07. The van der Waals surface area contributed by atoms with Crippen molar-refractivity contribution in [3.05, 3.63) is 11.1 Å². The quantitative estimate of drug-likeness (QED) is 0.774. The molecule has 5 heteroatoms. The van der Waals surface area contributed by atoms with E-state index >= 15 is 0 Å². The zero-order valence-electron chi connectivity index (χ0n) is 11.2. The van der Waals surface area contributed by atoms with Crippen LogP contribution in [-0.2, 0) is 11.3 Å². The van der Waals surface area contributed by atoms with Crippen LogP contribution in [0, 0.1) is 0 Å². The molecule has 1 aromatic rings. The van der Waals surface area contributed by atoms with E-state index in [4.69, 9.17) is 4.74 Å². The Bertz CT molecular complexity index is 316. The van der Waals surface area contributed by atoms with Crippen molar-refractivity contribution < 1.29 is 4.74 Å². The zero-order valence-corrected chi connectivity index (χ0v) is 12.0. The lowest BCUT2D eigenvalue weighted by Crippen LogP contribution is -2.35. The van der Waals surface area contributed by atoms with Crippen molar-refractivity contribution in [1.82, 2.24) is 10.3 Å². The normalized spacial score (nSPS) is 12.7. The topological polar surface area (TPSA) is 37.4 Å². The van der Waals surface area contributed by atoms with Gasteiger partial charge >= 0.3 is 0 Å². The number of nitrogens with zero attached hydrogens (tertiary/aromatic N) is 2. The highest BCUT2D eigenvalue weighted by Crippen LogP contribution is 2.24. The van der Waals surface area contributed by atoms with E-state index in [1.807, 2.05) is 6.20 Å². The summed E-state index contributed by atoms with van der Waals surface area (Å²) < 4.78 is 5.20. The molecule has 0 bridgehead atoms. The highest BCUT2D eigenvalue weighted by Gasteiger charge is 2.15. The summed E-state index contributed by atoms with van der Waals surface area (Å²) in [5.74, 6) is 0. The molecule has 0 aromatic carbocycles. The van der Waals surface area contributed by atoms with Gasteiger partial charge in [0.05, 0.1) is 12.6 Å². The van der Waals surface area contributed by atoms with E-state index in [1.54, 1.807) is 18.4 Å². The minimum Gasteiger partial charge on any atom is -0.383 e. The molecule has 0 saturated carbocycles. The number of hydrogen-bond acceptors (Lipinski definition) is 5. The number of aromatic nitrogens is 1. The van der Waals surface area contributed by atoms with Gasteiger partial charge in [-0.2, -0.15) is 0 Å². The molecule has 0 saturated heterocycles. The van der Waals surface area contributed by atoms with Gasteiger partial charge in [0.2, 0.25) is 0 Å². The van der Waals surface area contributed by atoms with E-state index < -0.39 is 0 Å². The van der Waals surface area contributed by atoms with Crippen molar-refractivity contribution in [3.63, 3.8) is 0 Å². The maximum absolute atomic E-state index is 5.20. The van der Waals surface area contributed by atoms with Crippen LogP contribution < -0.4 is 10.2 Å². The van der Waals surface area contributed by atoms with Crippen molar-refractivity contribution in [1.29, 1.82) is 0 Å². The van der Waals surface area contributed by atoms with E-state index in [0.29, 0.717) is 6.04 Å². The molecular weight excluding hydrogens is 234 g/mol. The number of thiazole rings is 1. The molecule has 0 radical (unpaired) electrons. The molecule has 1 heterocycles. The van der Waals surface area contributed by atoms with E-state index in [0.717, 1.165) is 31.4 Å². The van der Waals surface area contributed by atoms with Crippen LogP contribution >= 0.6 is 11.3 Å². The summed E-state index contributed by atoms with van der Waals surface area (Å²) in [6.45, 7) is 10.0. The Balaban J connectivity index is 2.65. The van der Waals surface area contributed by atoms with Crippen molar-refractivity contribution in [3.8, 4) is 0 Å². The molecule has 17 heavy (non-hydrogen) atoms. The van der Waals surface area contributed by atoms with Gasteiger partial charge in [0.25, 0.3) is 0 Å². The van der Waals surface area contributed by atoms with Gasteiger partial charge in [-0.05, 0) is 20.4 Å². The maximum Gasteiger partial charge on any atom is 0.185 e. The largest absolute Gasteiger partial charge is 0.383 e. The Morgan fingerprint density at radius 2 is 2.29 bits per heavy atom. The molecule has 1 unspecified atom stereocenters. The molecule has 0 spiro atoms. The van der Waals surface area contributed by atoms with Crippen LogP contribution in [0.3, 0.4) is 0 Å². The number of hydrogen-bond donors (Lipinski definition) is 1. The first kappa shape index (κ1) is 14.4. The molecule has 0 fully saturated rings. The monoisotopic (exact) mass is 257 g/mol. The van der Waals surface area contributed by atoms with Gasteiger partial charge in [0.15, 0.2) is 5.13 Å². The van der Waals surface area contributed by atoms with Crippen molar-refractivity contribution in [2.45, 2.75) is 33.4 Å². The van der Waals surface area contributed by atoms with E-state index in [-0.39, 0.29) is 0 Å². The van der Waals surface area contributed by atoms with Crippen molar-refractivity contribution >= 4 is 16.5 Å². The smallest absolute Gasteiger partial charge is 0.185 e. The molecule has 0 aliphatic rings. The summed E-state index contributed by atoms with van der Waals surface area (Å²) in [6.07, 6.45) is 1.96. The second kappa shape index (κ2) is 7.63. The molecule has 1 atom stereocenters. The van der Waals surface area contributed by atoms with Crippen LogP contribution in [-0.4, -0.2) is 37.8 Å². The van der Waals surface area contributed by atoms with Gasteiger partial charge in [-0.15, -0.1) is 11.3 Å². The lowest BCUT2D eigenvalue weighted by molar-refractivity contribution is 0.182. The first-order chi connectivity index (χ1) is 8.22. The number of methoxy groups -OCH3 is 1. The van der Waals surface area contributed by atoms with Gasteiger partial charge in [-0.1, -0.05) is 6.92 Å². The van der Waals surface area contributed by atoms with Crippen LogP contribution in [0.4, 0.5) is 5.13 Å². The van der Waals surface area contributed by atoms with Gasteiger partial charge in [0.1, 0.15) is 0 Å². The number of nitrogens with one attached hydrogen (secondary N) is 1. The third-order valence-corrected chi connectivity index (χ3v) is 3.65. The summed E-state index contributed by atoms with van der Waals surface area (Å²) in [7, 11) is 1.74. The molecule has 1 aromatic heterocycles. The van der Waals surface area contributed by atoms with Crippen molar-refractivity contribution in [2.75, 3.05) is 31.7 Å². The summed E-state index contributed by atoms with van der Waals surface area (Å²) in [5.41, 5.74) is 0. The predicted molar refractivity (Wildman–Crippen MR) is 73.9 cm³/mol. The van der Waals surface area contributed by atoms with Crippen LogP contribution in [0.1, 0.15) is 25.6 Å². The standard InChI is InChI=1S/C12H23N3OS/c1-5-13-7-11-8-14-12(17-11)15(6-2)10(3)9-16-4/h8,10,13H,5-7,9H2,1-4H3. The molecule has 98 valence electrons. The van der Waals surface area contributed by atoms with Crippen LogP contribution in [0.5, 0.6) is 0 Å². The minimum atomic E-state index is 0.364. The Kier molecular flexibility index (Phi) is 6.47. The molecular formula is C12H23N3OS. The summed E-state index contributed by atoms with van der Waals surface area (Å²) >= 11 is 1.76. The molecule has 0 aliphatic carbocycles. The van der Waals surface area contributed by atoms with Gasteiger partial charge < -0.3 is 15.0 Å². The van der Waals surface area contributed by atoms with Gasteiger partial charge in [0, 0.05) is 31.3 Å². The fourth-order valence-corrected chi connectivity index (χ4v) is 2.77. The fourth-order valence-electron chi connectivity index (χ4n) is 1.73. The minimum absolute atomic E-state index is 0.364. The molecule has 0 amide bonds. The summed E-state index contributed by atoms with van der Waals surface area (Å²) in [4.78, 5) is 8.06. The fraction of sp³-hybridized carbons (Fsp3) is 0.750. The first-order valence-corrected chi connectivity index (χ1v) is 6.95. The Hall–Kier alpha value is -0.650. The number of ether oxygens (including phenoxy) is 1. The number of rotatable bonds is 8. The first-order valence-electron chi connectivity index (χ1n) is 6.13. The van der Waals surface area contributed by atoms with Crippen LogP contribution in [0.2, 0.25) is 0 Å². The SMILES string of the molecule is CCNCc1cnc(N(CC)C(C)COC)s1. The molecule has 4 nitrogen and oxygen atoms in total. The molecule has 1 N–H and O–H groups in total. The van der Waals surface area contributed by atoms with Gasteiger partial charge in [-0.3, -0.25) is 0 Å². The third-order valence-electron chi connectivity index (χ3n) is 2.62. The Morgan fingerprint density at radius 1 is 1.53 bits per heavy atom. The summed E-state index contributed by atoms with van der Waals surface area (Å²) in [6, 6.07) is 0.364. The average Bonchev–Trinajstić information content (AvgIpc) is 2.76.